The average molecular weight is 296 g/mol. The van der Waals surface area contributed by atoms with Crippen LogP contribution in [0.2, 0.25) is 0 Å². The van der Waals surface area contributed by atoms with Gasteiger partial charge in [0, 0.05) is 7.05 Å². The summed E-state index contributed by atoms with van der Waals surface area (Å²) in [5, 5.41) is 0. The summed E-state index contributed by atoms with van der Waals surface area (Å²) in [6, 6.07) is 0. The van der Waals surface area contributed by atoms with E-state index < -0.39 is 0 Å². The van der Waals surface area contributed by atoms with Crippen molar-refractivity contribution in [2.45, 2.75) is 84.0 Å². The summed E-state index contributed by atoms with van der Waals surface area (Å²) in [5.74, 6) is 0. The highest BCUT2D eigenvalue weighted by Crippen LogP contribution is 2.08. The van der Waals surface area contributed by atoms with E-state index in [4.69, 9.17) is 4.84 Å². The molecule has 0 aromatic rings. The molecule has 0 aromatic carbocycles. The molecular formula is C19H37NO. The molecule has 0 radical (unpaired) electrons. The SMILES string of the molecule is CCCCC/C=C\C/C=C\CCCCCCCCONC. The maximum Gasteiger partial charge on any atom is 0.0682 e. The van der Waals surface area contributed by atoms with E-state index in [1.165, 1.54) is 70.6 Å². The fourth-order valence-corrected chi connectivity index (χ4v) is 2.26. The largest absolute Gasteiger partial charge is 0.302 e. The summed E-state index contributed by atoms with van der Waals surface area (Å²) >= 11 is 0. The second-order valence-electron chi connectivity index (χ2n) is 5.64. The second kappa shape index (κ2) is 19.4. The Balaban J connectivity index is 3.11. The fraction of sp³-hybridized carbons (Fsp3) is 0.789. The second-order valence-corrected chi connectivity index (χ2v) is 5.64. The van der Waals surface area contributed by atoms with Crippen molar-refractivity contribution in [3.8, 4) is 0 Å². The Kier molecular flexibility index (Phi) is 18.8. The molecule has 0 spiro atoms. The molecule has 21 heavy (non-hydrogen) atoms. The molecule has 0 aliphatic heterocycles. The van der Waals surface area contributed by atoms with E-state index in [0.29, 0.717) is 0 Å². The summed E-state index contributed by atoms with van der Waals surface area (Å²) in [4.78, 5) is 5.09. The number of unbranched alkanes of at least 4 members (excludes halogenated alkanes) is 9. The predicted molar refractivity (Wildman–Crippen MR) is 94.4 cm³/mol. The van der Waals surface area contributed by atoms with Gasteiger partial charge in [-0.1, -0.05) is 69.8 Å². The first kappa shape index (κ1) is 20.4. The molecule has 0 heterocycles. The molecule has 0 amide bonds. The van der Waals surface area contributed by atoms with Crippen LogP contribution in [0.25, 0.3) is 0 Å². The fourth-order valence-electron chi connectivity index (χ4n) is 2.26. The van der Waals surface area contributed by atoms with Crippen molar-refractivity contribution < 1.29 is 4.84 Å². The Hall–Kier alpha value is -0.600. The van der Waals surface area contributed by atoms with E-state index in [2.05, 4.69) is 36.7 Å². The van der Waals surface area contributed by atoms with Gasteiger partial charge in [0.15, 0.2) is 0 Å². The van der Waals surface area contributed by atoms with Crippen LogP contribution in [0.1, 0.15) is 84.0 Å². The number of hydroxylamine groups is 1. The molecular weight excluding hydrogens is 258 g/mol. The minimum Gasteiger partial charge on any atom is -0.302 e. The zero-order valence-corrected chi connectivity index (χ0v) is 14.4. The van der Waals surface area contributed by atoms with E-state index in [1.807, 2.05) is 7.05 Å². The minimum absolute atomic E-state index is 0.838. The lowest BCUT2D eigenvalue weighted by atomic mass is 10.1. The summed E-state index contributed by atoms with van der Waals surface area (Å²) in [6.45, 7) is 3.09. The highest BCUT2D eigenvalue weighted by Gasteiger charge is 1.91. The lowest BCUT2D eigenvalue weighted by Gasteiger charge is -2.01. The van der Waals surface area contributed by atoms with Gasteiger partial charge in [-0.05, 0) is 38.5 Å². The quantitative estimate of drug-likeness (QED) is 0.216. The monoisotopic (exact) mass is 295 g/mol. The van der Waals surface area contributed by atoms with E-state index in [1.54, 1.807) is 0 Å². The van der Waals surface area contributed by atoms with E-state index in [9.17, 15) is 0 Å². The Bertz CT molecular complexity index is 236. The number of hydrogen-bond donors (Lipinski definition) is 1. The Morgan fingerprint density at radius 2 is 1.29 bits per heavy atom. The lowest BCUT2D eigenvalue weighted by molar-refractivity contribution is 0.0550. The summed E-state index contributed by atoms with van der Waals surface area (Å²) in [5.41, 5.74) is 2.71. The first-order valence-electron chi connectivity index (χ1n) is 9.00. The van der Waals surface area contributed by atoms with Crippen LogP contribution in [0.4, 0.5) is 0 Å². The molecule has 1 N–H and O–H groups in total. The van der Waals surface area contributed by atoms with Crippen LogP contribution in [0.5, 0.6) is 0 Å². The van der Waals surface area contributed by atoms with Crippen LogP contribution in [-0.2, 0) is 4.84 Å². The van der Waals surface area contributed by atoms with Crippen molar-refractivity contribution in [1.82, 2.24) is 5.48 Å². The average Bonchev–Trinajstić information content (AvgIpc) is 2.50. The van der Waals surface area contributed by atoms with Gasteiger partial charge in [-0.15, -0.1) is 0 Å². The molecule has 0 fully saturated rings. The Morgan fingerprint density at radius 3 is 1.90 bits per heavy atom. The third-order valence-corrected chi connectivity index (χ3v) is 3.59. The third-order valence-electron chi connectivity index (χ3n) is 3.59. The maximum absolute atomic E-state index is 5.09. The van der Waals surface area contributed by atoms with Crippen LogP contribution in [0.3, 0.4) is 0 Å². The van der Waals surface area contributed by atoms with Gasteiger partial charge >= 0.3 is 0 Å². The molecule has 2 nitrogen and oxygen atoms in total. The van der Waals surface area contributed by atoms with Crippen LogP contribution >= 0.6 is 0 Å². The molecule has 0 saturated carbocycles. The van der Waals surface area contributed by atoms with Crippen molar-refractivity contribution >= 4 is 0 Å². The van der Waals surface area contributed by atoms with Gasteiger partial charge in [-0.2, -0.15) is 0 Å². The van der Waals surface area contributed by atoms with Gasteiger partial charge in [0.05, 0.1) is 6.61 Å². The van der Waals surface area contributed by atoms with E-state index in [-0.39, 0.29) is 0 Å². The Labute approximate surface area is 133 Å². The van der Waals surface area contributed by atoms with E-state index >= 15 is 0 Å². The van der Waals surface area contributed by atoms with Crippen molar-refractivity contribution in [2.24, 2.45) is 0 Å². The first-order chi connectivity index (χ1) is 10.4. The van der Waals surface area contributed by atoms with Gasteiger partial charge in [0.1, 0.15) is 0 Å². The van der Waals surface area contributed by atoms with Gasteiger partial charge in [-0.3, -0.25) is 0 Å². The molecule has 0 saturated heterocycles. The predicted octanol–water partition coefficient (Wildman–Crippen LogP) is 5.95. The topological polar surface area (TPSA) is 21.3 Å². The number of rotatable bonds is 16. The minimum atomic E-state index is 0.838. The van der Waals surface area contributed by atoms with Crippen molar-refractivity contribution in [3.05, 3.63) is 24.3 Å². The van der Waals surface area contributed by atoms with Gasteiger partial charge < -0.3 is 4.84 Å². The highest BCUT2D eigenvalue weighted by molar-refractivity contribution is 4.92. The van der Waals surface area contributed by atoms with Gasteiger partial charge in [-0.25, -0.2) is 5.48 Å². The van der Waals surface area contributed by atoms with Crippen molar-refractivity contribution in [1.29, 1.82) is 0 Å². The molecule has 2 heteroatoms. The number of nitrogens with one attached hydrogen (secondary N) is 1. The normalized spacial score (nSPS) is 11.9. The first-order valence-corrected chi connectivity index (χ1v) is 9.00. The molecule has 0 aliphatic rings. The third kappa shape index (κ3) is 19.4. The molecule has 124 valence electrons. The van der Waals surface area contributed by atoms with Crippen molar-refractivity contribution in [2.75, 3.05) is 13.7 Å². The summed E-state index contributed by atoms with van der Waals surface area (Å²) in [6.07, 6.45) is 24.8. The number of hydrogen-bond acceptors (Lipinski definition) is 2. The van der Waals surface area contributed by atoms with Gasteiger partial charge in [0.2, 0.25) is 0 Å². The Morgan fingerprint density at radius 1 is 0.714 bits per heavy atom. The van der Waals surface area contributed by atoms with Crippen LogP contribution < -0.4 is 5.48 Å². The molecule has 0 atom stereocenters. The lowest BCUT2D eigenvalue weighted by Crippen LogP contribution is -2.07. The summed E-state index contributed by atoms with van der Waals surface area (Å²) < 4.78 is 0. The number of allylic oxidation sites excluding steroid dienone is 4. The zero-order chi connectivity index (χ0) is 15.4. The van der Waals surface area contributed by atoms with E-state index in [0.717, 1.165) is 13.0 Å². The molecule has 0 aromatic heterocycles. The highest BCUT2D eigenvalue weighted by atomic mass is 16.6. The van der Waals surface area contributed by atoms with Crippen LogP contribution in [-0.4, -0.2) is 13.7 Å². The smallest absolute Gasteiger partial charge is 0.0682 e. The standard InChI is InChI=1S/C19H37NO/c1-3-4-5-6-7-8-9-10-11-12-13-14-15-16-17-18-19-21-20-2/h7-8,10-11,20H,3-6,9,12-19H2,1-2H3/b8-7-,11-10-. The van der Waals surface area contributed by atoms with Gasteiger partial charge in [0.25, 0.3) is 0 Å². The zero-order valence-electron chi connectivity index (χ0n) is 14.4. The summed E-state index contributed by atoms with van der Waals surface area (Å²) in [7, 11) is 1.82. The molecule has 0 unspecified atom stereocenters. The maximum atomic E-state index is 5.09. The molecule has 0 bridgehead atoms. The van der Waals surface area contributed by atoms with Crippen LogP contribution in [0, 0.1) is 0 Å². The van der Waals surface area contributed by atoms with Crippen molar-refractivity contribution in [3.63, 3.8) is 0 Å². The molecule has 0 aliphatic carbocycles. The van der Waals surface area contributed by atoms with Crippen LogP contribution in [0.15, 0.2) is 24.3 Å². The molecule has 0 rings (SSSR count).